The number of hydrogen-bond acceptors (Lipinski definition) is 1. The van der Waals surface area contributed by atoms with E-state index in [0.29, 0.717) is 0 Å². The van der Waals surface area contributed by atoms with Gasteiger partial charge in [0.1, 0.15) is 0 Å². The number of unbranched alkanes of at least 4 members (excludes halogenated alkanes) is 1. The van der Waals surface area contributed by atoms with Crippen molar-refractivity contribution in [2.45, 2.75) is 72.3 Å². The highest BCUT2D eigenvalue weighted by molar-refractivity contribution is 5.25. The Balaban J connectivity index is 3.16. The molecule has 3 nitrogen and oxygen atoms in total. The third-order valence-electron chi connectivity index (χ3n) is 3.02. The summed E-state index contributed by atoms with van der Waals surface area (Å²) in [7, 11) is 0. The van der Waals surface area contributed by atoms with Crippen molar-refractivity contribution < 1.29 is 0 Å². The predicted molar refractivity (Wildman–Crippen MR) is 72.7 cm³/mol. The molecule has 1 aromatic heterocycles. The summed E-state index contributed by atoms with van der Waals surface area (Å²) in [6.07, 6.45) is 4.19. The smallest absolute Gasteiger partial charge is 0.270 e. The highest BCUT2D eigenvalue weighted by Crippen LogP contribution is 2.22. The van der Waals surface area contributed by atoms with Gasteiger partial charge in [-0.25, -0.2) is 0 Å². The van der Waals surface area contributed by atoms with Crippen molar-refractivity contribution in [3.8, 4) is 0 Å². The van der Waals surface area contributed by atoms with Crippen LogP contribution in [0.3, 0.4) is 0 Å². The zero-order chi connectivity index (χ0) is 13.1. The largest absolute Gasteiger partial charge is 0.299 e. The van der Waals surface area contributed by atoms with Crippen LogP contribution in [0.25, 0.3) is 0 Å². The third-order valence-corrected chi connectivity index (χ3v) is 3.02. The molecule has 0 aliphatic carbocycles. The monoisotopic (exact) mass is 238 g/mol. The fraction of sp³-hybridized carbons (Fsp3) is 0.786. The Morgan fingerprint density at radius 3 is 2.29 bits per heavy atom. The molecule has 0 saturated carbocycles. The number of rotatable bonds is 5. The van der Waals surface area contributed by atoms with Crippen molar-refractivity contribution in [1.29, 1.82) is 0 Å². The van der Waals surface area contributed by atoms with Crippen LogP contribution in [0.2, 0.25) is 0 Å². The normalized spacial score (nSPS) is 12.1. The highest BCUT2D eigenvalue weighted by atomic mass is 16.1. The van der Waals surface area contributed by atoms with E-state index in [9.17, 15) is 4.79 Å². The Morgan fingerprint density at radius 2 is 1.82 bits per heavy atom. The molecule has 0 unspecified atom stereocenters. The van der Waals surface area contributed by atoms with Gasteiger partial charge >= 0.3 is 0 Å². The molecule has 0 bridgehead atoms. The predicted octanol–water partition coefficient (Wildman–Crippen LogP) is 3.23. The van der Waals surface area contributed by atoms with Crippen molar-refractivity contribution in [1.82, 2.24) is 9.78 Å². The van der Waals surface area contributed by atoms with Crippen molar-refractivity contribution in [3.05, 3.63) is 21.6 Å². The van der Waals surface area contributed by atoms with E-state index in [2.05, 4.69) is 39.7 Å². The van der Waals surface area contributed by atoms with E-state index in [-0.39, 0.29) is 11.0 Å². The molecule has 0 aromatic carbocycles. The number of H-pyrrole nitrogens is 1. The zero-order valence-electron chi connectivity index (χ0n) is 11.9. The lowest BCUT2D eigenvalue weighted by Crippen LogP contribution is -2.26. The Hall–Kier alpha value is -0.990. The van der Waals surface area contributed by atoms with Crippen molar-refractivity contribution in [2.24, 2.45) is 0 Å². The fourth-order valence-electron chi connectivity index (χ4n) is 2.21. The van der Waals surface area contributed by atoms with E-state index in [1.807, 2.05) is 0 Å². The van der Waals surface area contributed by atoms with Crippen LogP contribution in [0.4, 0.5) is 0 Å². The maximum absolute atomic E-state index is 12.3. The summed E-state index contributed by atoms with van der Waals surface area (Å²) in [5.41, 5.74) is 2.20. The quantitative estimate of drug-likeness (QED) is 0.840. The lowest BCUT2D eigenvalue weighted by atomic mass is 9.86. The number of aryl methyl sites for hydroxylation is 2. The number of aromatic amines is 1. The van der Waals surface area contributed by atoms with Crippen LogP contribution in [0.1, 0.15) is 65.1 Å². The molecule has 0 amide bonds. The molecule has 0 fully saturated rings. The van der Waals surface area contributed by atoms with Gasteiger partial charge in [0.05, 0.1) is 0 Å². The molecule has 0 radical (unpaired) electrons. The summed E-state index contributed by atoms with van der Waals surface area (Å²) < 4.78 is 1.79. The summed E-state index contributed by atoms with van der Waals surface area (Å²) in [4.78, 5) is 12.3. The first-order chi connectivity index (χ1) is 7.91. The van der Waals surface area contributed by atoms with Crippen LogP contribution < -0.4 is 5.56 Å². The van der Waals surface area contributed by atoms with Gasteiger partial charge in [-0.3, -0.25) is 14.6 Å². The maximum atomic E-state index is 12.3. The van der Waals surface area contributed by atoms with Crippen LogP contribution in [-0.4, -0.2) is 9.78 Å². The van der Waals surface area contributed by atoms with Crippen molar-refractivity contribution in [2.75, 3.05) is 0 Å². The topological polar surface area (TPSA) is 37.8 Å². The Bertz CT molecular complexity index is 407. The Kier molecular flexibility index (Phi) is 4.61. The van der Waals surface area contributed by atoms with Crippen LogP contribution in [0.5, 0.6) is 0 Å². The van der Waals surface area contributed by atoms with Crippen molar-refractivity contribution in [3.63, 3.8) is 0 Å². The SMILES string of the molecule is CCCCn1[nH]c(CCC)c(C(C)(C)C)c1=O. The number of hydrogen-bond donors (Lipinski definition) is 1. The minimum absolute atomic E-state index is 0.0739. The van der Waals surface area contributed by atoms with Gasteiger partial charge in [0.15, 0.2) is 0 Å². The first-order valence-electron chi connectivity index (χ1n) is 6.74. The third kappa shape index (κ3) is 3.24. The van der Waals surface area contributed by atoms with Gasteiger partial charge in [0, 0.05) is 17.8 Å². The van der Waals surface area contributed by atoms with Crippen LogP contribution in [0, 0.1) is 0 Å². The zero-order valence-corrected chi connectivity index (χ0v) is 11.9. The molecule has 1 rings (SSSR count). The summed E-state index contributed by atoms with van der Waals surface area (Å²) >= 11 is 0. The second-order valence-corrected chi connectivity index (χ2v) is 5.78. The van der Waals surface area contributed by atoms with Gasteiger partial charge in [-0.15, -0.1) is 0 Å². The molecular weight excluding hydrogens is 212 g/mol. The van der Waals surface area contributed by atoms with Gasteiger partial charge in [0.25, 0.3) is 5.56 Å². The second kappa shape index (κ2) is 5.56. The molecule has 0 aliphatic rings. The molecule has 0 saturated heterocycles. The van der Waals surface area contributed by atoms with E-state index >= 15 is 0 Å². The van der Waals surface area contributed by atoms with Gasteiger partial charge in [0.2, 0.25) is 0 Å². The molecule has 3 heteroatoms. The van der Waals surface area contributed by atoms with E-state index < -0.39 is 0 Å². The summed E-state index contributed by atoms with van der Waals surface area (Å²) in [5.74, 6) is 0. The summed E-state index contributed by atoms with van der Waals surface area (Å²) in [6, 6.07) is 0. The van der Waals surface area contributed by atoms with Crippen LogP contribution >= 0.6 is 0 Å². The molecular formula is C14H26N2O. The number of aromatic nitrogens is 2. The number of nitrogens with zero attached hydrogens (tertiary/aromatic N) is 1. The molecule has 1 heterocycles. The van der Waals surface area contributed by atoms with Crippen LogP contribution in [-0.2, 0) is 18.4 Å². The highest BCUT2D eigenvalue weighted by Gasteiger charge is 2.24. The molecule has 1 N–H and O–H groups in total. The lowest BCUT2D eigenvalue weighted by Gasteiger charge is -2.17. The van der Waals surface area contributed by atoms with Crippen molar-refractivity contribution >= 4 is 0 Å². The maximum Gasteiger partial charge on any atom is 0.270 e. The van der Waals surface area contributed by atoms with Gasteiger partial charge in [-0.1, -0.05) is 47.5 Å². The lowest BCUT2D eigenvalue weighted by molar-refractivity contribution is 0.543. The molecule has 0 atom stereocenters. The van der Waals surface area contributed by atoms with Gasteiger partial charge in [-0.05, 0) is 18.3 Å². The molecule has 1 aromatic rings. The molecule has 17 heavy (non-hydrogen) atoms. The van der Waals surface area contributed by atoms with Crippen LogP contribution in [0.15, 0.2) is 4.79 Å². The van der Waals surface area contributed by atoms with E-state index in [0.717, 1.165) is 43.5 Å². The van der Waals surface area contributed by atoms with E-state index in [1.165, 1.54) is 0 Å². The van der Waals surface area contributed by atoms with Gasteiger partial charge in [-0.2, -0.15) is 0 Å². The fourth-order valence-corrected chi connectivity index (χ4v) is 2.21. The molecule has 0 aliphatic heterocycles. The first kappa shape index (κ1) is 14.1. The van der Waals surface area contributed by atoms with E-state index in [1.54, 1.807) is 4.68 Å². The van der Waals surface area contributed by atoms with E-state index in [4.69, 9.17) is 0 Å². The standard InChI is InChI=1S/C14H26N2O/c1-6-8-10-16-13(17)12(14(3,4)5)11(15-16)9-7-2/h15H,6-10H2,1-5H3. The van der Waals surface area contributed by atoms with Gasteiger partial charge < -0.3 is 0 Å². The average Bonchev–Trinajstić information content (AvgIpc) is 2.52. The minimum Gasteiger partial charge on any atom is -0.299 e. The number of nitrogens with one attached hydrogen (secondary N) is 1. The second-order valence-electron chi connectivity index (χ2n) is 5.78. The minimum atomic E-state index is -0.0739. The summed E-state index contributed by atoms with van der Waals surface area (Å²) in [5, 5.41) is 3.30. The molecule has 98 valence electrons. The Labute approximate surface area is 104 Å². The average molecular weight is 238 g/mol. The summed E-state index contributed by atoms with van der Waals surface area (Å²) in [6.45, 7) is 11.4. The Morgan fingerprint density at radius 1 is 1.18 bits per heavy atom. The first-order valence-corrected chi connectivity index (χ1v) is 6.74. The molecule has 0 spiro atoms.